The summed E-state index contributed by atoms with van der Waals surface area (Å²) in [5.74, 6) is 0.676. The third-order valence-corrected chi connectivity index (χ3v) is 2.73. The van der Waals surface area contributed by atoms with Gasteiger partial charge in [-0.05, 0) is 19.4 Å². The molecule has 1 rings (SSSR count). The van der Waals surface area contributed by atoms with Crippen molar-refractivity contribution in [3.8, 4) is 11.5 Å². The van der Waals surface area contributed by atoms with Crippen molar-refractivity contribution in [2.24, 2.45) is 5.73 Å². The summed E-state index contributed by atoms with van der Waals surface area (Å²) in [4.78, 5) is 10.4. The van der Waals surface area contributed by atoms with Gasteiger partial charge >= 0.3 is 5.69 Å². The van der Waals surface area contributed by atoms with E-state index in [0.29, 0.717) is 12.2 Å². The van der Waals surface area contributed by atoms with Gasteiger partial charge in [0, 0.05) is 17.7 Å². The Labute approximate surface area is 106 Å². The van der Waals surface area contributed by atoms with E-state index in [4.69, 9.17) is 15.2 Å². The van der Waals surface area contributed by atoms with Crippen LogP contribution in [0.5, 0.6) is 11.5 Å². The average Bonchev–Trinajstić information content (AvgIpc) is 2.36. The molecule has 0 spiro atoms. The predicted octanol–water partition coefficient (Wildman–Crippen LogP) is 2.11. The van der Waals surface area contributed by atoms with E-state index in [9.17, 15) is 10.1 Å². The molecule has 0 radical (unpaired) electrons. The van der Waals surface area contributed by atoms with Crippen LogP contribution in [0.15, 0.2) is 18.2 Å². The number of nitrogens with zero attached hydrogens (tertiary/aromatic N) is 1. The third-order valence-electron chi connectivity index (χ3n) is 2.73. The van der Waals surface area contributed by atoms with Crippen LogP contribution in [0.4, 0.5) is 5.69 Å². The fraction of sp³-hybridized carbons (Fsp3) is 0.500. The number of benzene rings is 1. The molecular formula is C12H18N2O4. The monoisotopic (exact) mass is 254 g/mol. The van der Waals surface area contributed by atoms with E-state index in [1.165, 1.54) is 25.3 Å². The first kappa shape index (κ1) is 14.2. The lowest BCUT2D eigenvalue weighted by Gasteiger charge is -2.22. The Hall–Kier alpha value is -1.82. The second kappa shape index (κ2) is 5.68. The number of nitro benzene ring substituents is 1. The van der Waals surface area contributed by atoms with Gasteiger partial charge in [-0.3, -0.25) is 10.1 Å². The van der Waals surface area contributed by atoms with Crippen molar-refractivity contribution >= 4 is 5.69 Å². The molecule has 0 heterocycles. The Bertz CT molecular complexity index is 432. The highest BCUT2D eigenvalue weighted by atomic mass is 16.6. The minimum Gasteiger partial charge on any atom is -0.497 e. The molecule has 6 heteroatoms. The summed E-state index contributed by atoms with van der Waals surface area (Å²) in [5, 5.41) is 10.9. The van der Waals surface area contributed by atoms with Crippen LogP contribution in [0, 0.1) is 10.1 Å². The lowest BCUT2D eigenvalue weighted by molar-refractivity contribution is -0.385. The Morgan fingerprint density at radius 2 is 2.17 bits per heavy atom. The number of rotatable bonds is 6. The molecule has 0 fully saturated rings. The molecule has 6 nitrogen and oxygen atoms in total. The fourth-order valence-corrected chi connectivity index (χ4v) is 1.23. The first-order chi connectivity index (χ1) is 8.39. The van der Waals surface area contributed by atoms with Gasteiger partial charge in [-0.25, -0.2) is 0 Å². The molecule has 1 unspecified atom stereocenters. The SMILES string of the molecule is CCC(C)(N)COc1cc(OC)ccc1[N+](=O)[O-]. The van der Waals surface area contributed by atoms with Gasteiger partial charge in [-0.15, -0.1) is 0 Å². The largest absolute Gasteiger partial charge is 0.497 e. The maximum absolute atomic E-state index is 10.9. The van der Waals surface area contributed by atoms with Crippen LogP contribution in [0.2, 0.25) is 0 Å². The number of nitrogens with two attached hydrogens (primary N) is 1. The molecular weight excluding hydrogens is 236 g/mol. The van der Waals surface area contributed by atoms with E-state index >= 15 is 0 Å². The first-order valence-corrected chi connectivity index (χ1v) is 5.63. The van der Waals surface area contributed by atoms with E-state index in [1.807, 2.05) is 13.8 Å². The fourth-order valence-electron chi connectivity index (χ4n) is 1.23. The van der Waals surface area contributed by atoms with Crippen molar-refractivity contribution in [3.05, 3.63) is 28.3 Å². The molecule has 1 aromatic rings. The molecule has 0 amide bonds. The molecule has 0 bridgehead atoms. The topological polar surface area (TPSA) is 87.6 Å². The third kappa shape index (κ3) is 3.59. The van der Waals surface area contributed by atoms with Crippen LogP contribution >= 0.6 is 0 Å². The van der Waals surface area contributed by atoms with Crippen molar-refractivity contribution in [2.75, 3.05) is 13.7 Å². The van der Waals surface area contributed by atoms with E-state index in [1.54, 1.807) is 0 Å². The minimum atomic E-state index is -0.517. The minimum absolute atomic E-state index is 0.0947. The zero-order valence-electron chi connectivity index (χ0n) is 10.8. The summed E-state index contributed by atoms with van der Waals surface area (Å²) in [5.41, 5.74) is 5.32. The number of hydrogen-bond donors (Lipinski definition) is 1. The van der Waals surface area contributed by atoms with Crippen LogP contribution in [0.3, 0.4) is 0 Å². The quantitative estimate of drug-likeness (QED) is 0.620. The Kier molecular flexibility index (Phi) is 4.49. The van der Waals surface area contributed by atoms with Crippen LogP contribution in [0.25, 0.3) is 0 Å². The smallest absolute Gasteiger partial charge is 0.311 e. The molecule has 0 aliphatic heterocycles. The molecule has 0 aromatic heterocycles. The van der Waals surface area contributed by atoms with E-state index in [0.717, 1.165) is 0 Å². The van der Waals surface area contributed by atoms with Gasteiger partial charge in [-0.2, -0.15) is 0 Å². The van der Waals surface area contributed by atoms with Gasteiger partial charge in [0.25, 0.3) is 0 Å². The normalized spacial score (nSPS) is 13.8. The van der Waals surface area contributed by atoms with Gasteiger partial charge < -0.3 is 15.2 Å². The second-order valence-corrected chi connectivity index (χ2v) is 4.39. The van der Waals surface area contributed by atoms with Crippen molar-refractivity contribution in [1.82, 2.24) is 0 Å². The molecule has 2 N–H and O–H groups in total. The highest BCUT2D eigenvalue weighted by molar-refractivity contribution is 5.50. The first-order valence-electron chi connectivity index (χ1n) is 5.63. The Balaban J connectivity index is 2.94. The predicted molar refractivity (Wildman–Crippen MR) is 68.0 cm³/mol. The summed E-state index contributed by atoms with van der Waals surface area (Å²) >= 11 is 0. The number of nitro groups is 1. The molecule has 0 aliphatic carbocycles. The maximum Gasteiger partial charge on any atom is 0.311 e. The van der Waals surface area contributed by atoms with Crippen LogP contribution in [-0.4, -0.2) is 24.2 Å². The lowest BCUT2D eigenvalue weighted by atomic mass is 10.0. The molecule has 1 aromatic carbocycles. The molecule has 0 saturated heterocycles. The molecule has 18 heavy (non-hydrogen) atoms. The zero-order valence-corrected chi connectivity index (χ0v) is 10.8. The van der Waals surface area contributed by atoms with E-state index < -0.39 is 10.5 Å². The van der Waals surface area contributed by atoms with E-state index in [2.05, 4.69) is 0 Å². The van der Waals surface area contributed by atoms with Crippen LogP contribution in [-0.2, 0) is 0 Å². The van der Waals surface area contributed by atoms with Crippen molar-refractivity contribution in [3.63, 3.8) is 0 Å². The van der Waals surface area contributed by atoms with Crippen molar-refractivity contribution < 1.29 is 14.4 Å². The highest BCUT2D eigenvalue weighted by Crippen LogP contribution is 2.31. The van der Waals surface area contributed by atoms with Crippen molar-refractivity contribution in [2.45, 2.75) is 25.8 Å². The number of ether oxygens (including phenoxy) is 2. The summed E-state index contributed by atoms with van der Waals surface area (Å²) in [6, 6.07) is 4.37. The van der Waals surface area contributed by atoms with Gasteiger partial charge in [0.15, 0.2) is 0 Å². The van der Waals surface area contributed by atoms with Gasteiger partial charge in [0.1, 0.15) is 12.4 Å². The van der Waals surface area contributed by atoms with Gasteiger partial charge in [0.2, 0.25) is 5.75 Å². The van der Waals surface area contributed by atoms with Crippen LogP contribution in [0.1, 0.15) is 20.3 Å². The number of hydrogen-bond acceptors (Lipinski definition) is 5. The Morgan fingerprint density at radius 1 is 1.50 bits per heavy atom. The standard InChI is InChI=1S/C12H18N2O4/c1-4-12(2,13)8-18-11-7-9(17-3)5-6-10(11)14(15)16/h5-7H,4,8,13H2,1-3H3. The highest BCUT2D eigenvalue weighted by Gasteiger charge is 2.21. The average molecular weight is 254 g/mol. The molecule has 0 aliphatic rings. The number of methoxy groups -OCH3 is 1. The van der Waals surface area contributed by atoms with Gasteiger partial charge in [-0.1, -0.05) is 6.92 Å². The second-order valence-electron chi connectivity index (χ2n) is 4.39. The maximum atomic E-state index is 10.9. The molecule has 0 saturated carbocycles. The molecule has 1 atom stereocenters. The van der Waals surface area contributed by atoms with Crippen molar-refractivity contribution in [1.29, 1.82) is 0 Å². The van der Waals surface area contributed by atoms with Crippen LogP contribution < -0.4 is 15.2 Å². The zero-order chi connectivity index (χ0) is 13.8. The summed E-state index contributed by atoms with van der Waals surface area (Å²) in [6.45, 7) is 3.97. The lowest BCUT2D eigenvalue weighted by Crippen LogP contribution is -2.41. The Morgan fingerprint density at radius 3 is 2.67 bits per heavy atom. The van der Waals surface area contributed by atoms with E-state index in [-0.39, 0.29) is 18.0 Å². The summed E-state index contributed by atoms with van der Waals surface area (Å²) in [7, 11) is 1.49. The molecule has 100 valence electrons. The summed E-state index contributed by atoms with van der Waals surface area (Å²) in [6.07, 6.45) is 0.713. The summed E-state index contributed by atoms with van der Waals surface area (Å²) < 4.78 is 10.5. The van der Waals surface area contributed by atoms with Gasteiger partial charge in [0.05, 0.1) is 12.0 Å².